The number of ether oxygens (including phenoxy) is 2. The van der Waals surface area contributed by atoms with Gasteiger partial charge in [0, 0.05) is 11.8 Å². The summed E-state index contributed by atoms with van der Waals surface area (Å²) in [6, 6.07) is 11.4. The maximum absolute atomic E-state index is 12.1. The van der Waals surface area contributed by atoms with Gasteiger partial charge >= 0.3 is 6.36 Å². The number of aldehydes is 1. The van der Waals surface area contributed by atoms with E-state index in [1.54, 1.807) is 18.2 Å². The van der Waals surface area contributed by atoms with Crippen molar-refractivity contribution in [3.63, 3.8) is 0 Å². The number of benzene rings is 2. The second-order valence-corrected chi connectivity index (χ2v) is 4.36. The van der Waals surface area contributed by atoms with Crippen molar-refractivity contribution in [2.75, 3.05) is 5.73 Å². The van der Waals surface area contributed by atoms with Crippen LogP contribution in [0.1, 0.15) is 11.7 Å². The normalized spacial score (nSPS) is 12.5. The minimum absolute atomic E-state index is 0.371. The van der Waals surface area contributed by atoms with E-state index in [9.17, 15) is 18.0 Å². The van der Waals surface area contributed by atoms with Gasteiger partial charge in [-0.1, -0.05) is 18.2 Å². The van der Waals surface area contributed by atoms with E-state index in [2.05, 4.69) is 4.74 Å². The lowest BCUT2D eigenvalue weighted by Crippen LogP contribution is -2.17. The lowest BCUT2D eigenvalue weighted by molar-refractivity contribution is -0.274. The number of carbonyl (C=O) groups is 1. The van der Waals surface area contributed by atoms with Crippen LogP contribution in [0.3, 0.4) is 0 Å². The first-order valence-electron chi connectivity index (χ1n) is 6.20. The third-order valence-electron chi connectivity index (χ3n) is 2.69. The molecule has 22 heavy (non-hydrogen) atoms. The molecule has 0 saturated heterocycles. The minimum atomic E-state index is -4.76. The molecule has 2 aromatic rings. The average Bonchev–Trinajstić information content (AvgIpc) is 2.44. The Morgan fingerprint density at radius 2 is 1.73 bits per heavy atom. The predicted molar refractivity (Wildman–Crippen MR) is 73.4 cm³/mol. The molecule has 2 rings (SSSR count). The molecule has 0 amide bonds. The molecule has 2 N–H and O–H groups in total. The van der Waals surface area contributed by atoms with Crippen LogP contribution in [0, 0.1) is 0 Å². The van der Waals surface area contributed by atoms with Gasteiger partial charge in [0.15, 0.2) is 12.4 Å². The standard InChI is InChI=1S/C15H12F3NO3/c16-15(17,18)22-12-6-4-10(5-7-12)14(9-20)21-13-3-1-2-11(19)8-13/h1-9,14H,19H2/t14-/m1/s1. The highest BCUT2D eigenvalue weighted by atomic mass is 19.4. The Kier molecular flexibility index (Phi) is 4.55. The summed E-state index contributed by atoms with van der Waals surface area (Å²) in [5, 5.41) is 0. The summed E-state index contributed by atoms with van der Waals surface area (Å²) in [5.74, 6) is 0.0116. The Bertz CT molecular complexity index is 641. The summed E-state index contributed by atoms with van der Waals surface area (Å²) < 4.78 is 45.4. The fourth-order valence-electron chi connectivity index (χ4n) is 1.77. The van der Waals surface area contributed by atoms with E-state index in [0.717, 1.165) is 12.1 Å². The van der Waals surface area contributed by atoms with Crippen molar-refractivity contribution in [3.05, 3.63) is 54.1 Å². The second kappa shape index (κ2) is 6.38. The topological polar surface area (TPSA) is 61.5 Å². The van der Waals surface area contributed by atoms with Gasteiger partial charge in [0.05, 0.1) is 0 Å². The monoisotopic (exact) mass is 311 g/mol. The van der Waals surface area contributed by atoms with Gasteiger partial charge in [0.2, 0.25) is 0 Å². The average molecular weight is 311 g/mol. The Labute approximate surface area is 124 Å². The van der Waals surface area contributed by atoms with Crippen LogP contribution in [0.15, 0.2) is 48.5 Å². The van der Waals surface area contributed by atoms with Gasteiger partial charge in [-0.3, -0.25) is 4.79 Å². The van der Waals surface area contributed by atoms with Crippen molar-refractivity contribution < 1.29 is 27.4 Å². The first-order chi connectivity index (χ1) is 10.4. The van der Waals surface area contributed by atoms with Crippen LogP contribution < -0.4 is 15.2 Å². The molecule has 0 aliphatic rings. The quantitative estimate of drug-likeness (QED) is 0.678. The number of nitrogens with two attached hydrogens (primary N) is 1. The number of rotatable bonds is 5. The number of hydrogen-bond donors (Lipinski definition) is 1. The van der Waals surface area contributed by atoms with Crippen molar-refractivity contribution in [2.24, 2.45) is 0 Å². The number of carbonyl (C=O) groups excluding carboxylic acids is 1. The van der Waals surface area contributed by atoms with Gasteiger partial charge in [0.25, 0.3) is 0 Å². The van der Waals surface area contributed by atoms with E-state index in [0.29, 0.717) is 23.3 Å². The maximum Gasteiger partial charge on any atom is 0.573 e. The maximum atomic E-state index is 12.1. The van der Waals surface area contributed by atoms with Crippen LogP contribution in [0.2, 0.25) is 0 Å². The van der Waals surface area contributed by atoms with Crippen LogP contribution in [0.25, 0.3) is 0 Å². The van der Waals surface area contributed by atoms with Crippen molar-refractivity contribution in [1.82, 2.24) is 0 Å². The molecular formula is C15H12F3NO3. The number of alkyl halides is 3. The number of hydrogen-bond acceptors (Lipinski definition) is 4. The number of nitrogen functional groups attached to an aromatic ring is 1. The van der Waals surface area contributed by atoms with Crippen LogP contribution in [0.4, 0.5) is 18.9 Å². The zero-order chi connectivity index (χ0) is 16.2. The highest BCUT2D eigenvalue weighted by Crippen LogP contribution is 2.26. The number of halogens is 3. The van der Waals surface area contributed by atoms with Crippen molar-refractivity contribution >= 4 is 12.0 Å². The molecule has 0 bridgehead atoms. The lowest BCUT2D eigenvalue weighted by Gasteiger charge is -2.15. The molecule has 0 aliphatic carbocycles. The van der Waals surface area contributed by atoms with Gasteiger partial charge in [-0.15, -0.1) is 13.2 Å². The highest BCUT2D eigenvalue weighted by Gasteiger charge is 2.31. The van der Waals surface area contributed by atoms with Crippen LogP contribution in [-0.2, 0) is 4.79 Å². The molecule has 0 aliphatic heterocycles. The molecule has 116 valence electrons. The summed E-state index contributed by atoms with van der Waals surface area (Å²) in [7, 11) is 0. The van der Waals surface area contributed by atoms with E-state index in [4.69, 9.17) is 10.5 Å². The minimum Gasteiger partial charge on any atom is -0.478 e. The van der Waals surface area contributed by atoms with Gasteiger partial charge < -0.3 is 15.2 Å². The van der Waals surface area contributed by atoms with Crippen molar-refractivity contribution in [1.29, 1.82) is 0 Å². The van der Waals surface area contributed by atoms with Crippen LogP contribution in [-0.4, -0.2) is 12.6 Å². The van der Waals surface area contributed by atoms with Gasteiger partial charge in [-0.2, -0.15) is 0 Å². The van der Waals surface area contributed by atoms with E-state index in [1.165, 1.54) is 18.2 Å². The molecule has 1 atom stereocenters. The molecule has 0 radical (unpaired) electrons. The zero-order valence-electron chi connectivity index (χ0n) is 11.2. The largest absolute Gasteiger partial charge is 0.573 e. The van der Waals surface area contributed by atoms with Crippen LogP contribution >= 0.6 is 0 Å². The summed E-state index contributed by atoms with van der Waals surface area (Å²) in [4.78, 5) is 11.1. The van der Waals surface area contributed by atoms with Gasteiger partial charge in [0.1, 0.15) is 11.5 Å². The summed E-state index contributed by atoms with van der Waals surface area (Å²) in [6.45, 7) is 0. The highest BCUT2D eigenvalue weighted by molar-refractivity contribution is 5.61. The van der Waals surface area contributed by atoms with Crippen LogP contribution in [0.5, 0.6) is 11.5 Å². The Hall–Kier alpha value is -2.70. The molecule has 0 aromatic heterocycles. The molecule has 0 heterocycles. The Morgan fingerprint density at radius 3 is 2.27 bits per heavy atom. The van der Waals surface area contributed by atoms with Gasteiger partial charge in [-0.25, -0.2) is 0 Å². The summed E-state index contributed by atoms with van der Waals surface area (Å²) in [5.41, 5.74) is 6.47. The SMILES string of the molecule is Nc1cccc(O[C@H](C=O)c2ccc(OC(F)(F)F)cc2)c1. The third kappa shape index (κ3) is 4.41. The Balaban J connectivity index is 2.12. The lowest BCUT2D eigenvalue weighted by atomic mass is 10.1. The summed E-state index contributed by atoms with van der Waals surface area (Å²) in [6.07, 6.45) is -5.17. The van der Waals surface area contributed by atoms with E-state index < -0.39 is 12.5 Å². The van der Waals surface area contributed by atoms with Gasteiger partial charge in [-0.05, 0) is 29.8 Å². The second-order valence-electron chi connectivity index (χ2n) is 4.36. The molecule has 7 heteroatoms. The first kappa shape index (κ1) is 15.7. The summed E-state index contributed by atoms with van der Waals surface area (Å²) >= 11 is 0. The smallest absolute Gasteiger partial charge is 0.478 e. The van der Waals surface area contributed by atoms with Crippen molar-refractivity contribution in [2.45, 2.75) is 12.5 Å². The molecule has 4 nitrogen and oxygen atoms in total. The first-order valence-corrected chi connectivity index (χ1v) is 6.20. The molecule has 0 fully saturated rings. The molecule has 0 unspecified atom stereocenters. The van der Waals surface area contributed by atoms with E-state index in [1.807, 2.05) is 0 Å². The molecule has 0 spiro atoms. The number of anilines is 1. The third-order valence-corrected chi connectivity index (χ3v) is 2.69. The van der Waals surface area contributed by atoms with E-state index in [-0.39, 0.29) is 5.75 Å². The fourth-order valence-corrected chi connectivity index (χ4v) is 1.77. The predicted octanol–water partition coefficient (Wildman–Crippen LogP) is 3.49. The van der Waals surface area contributed by atoms with E-state index >= 15 is 0 Å². The molecular weight excluding hydrogens is 299 g/mol. The fraction of sp³-hybridized carbons (Fsp3) is 0.133. The molecule has 2 aromatic carbocycles. The zero-order valence-corrected chi connectivity index (χ0v) is 11.2. The molecule has 0 saturated carbocycles. The Morgan fingerprint density at radius 1 is 1.05 bits per heavy atom. The van der Waals surface area contributed by atoms with Crippen molar-refractivity contribution in [3.8, 4) is 11.5 Å².